The van der Waals surface area contributed by atoms with Crippen LogP contribution < -0.4 is 4.90 Å². The van der Waals surface area contributed by atoms with Crippen LogP contribution in [0.4, 0.5) is 5.82 Å². The molecule has 26 heavy (non-hydrogen) atoms. The van der Waals surface area contributed by atoms with Gasteiger partial charge in [-0.1, -0.05) is 0 Å². The van der Waals surface area contributed by atoms with Crippen molar-refractivity contribution in [3.05, 3.63) is 48.3 Å². The third-order valence-electron chi connectivity index (χ3n) is 5.41. The van der Waals surface area contributed by atoms with E-state index in [1.807, 2.05) is 25.3 Å². The first-order chi connectivity index (χ1) is 12.7. The van der Waals surface area contributed by atoms with Crippen LogP contribution in [0.2, 0.25) is 0 Å². The lowest BCUT2D eigenvalue weighted by Crippen LogP contribution is -2.29. The molecular formula is C18H22N8. The fraction of sp³-hybridized carbons (Fsp3) is 0.444. The molecule has 0 saturated carbocycles. The van der Waals surface area contributed by atoms with Gasteiger partial charge in [0, 0.05) is 56.9 Å². The Morgan fingerprint density at radius 2 is 1.88 bits per heavy atom. The largest absolute Gasteiger partial charge is 0.356 e. The molecule has 0 radical (unpaired) electrons. The number of nitrogens with one attached hydrogen (secondary N) is 1. The molecule has 5 heterocycles. The van der Waals surface area contributed by atoms with Gasteiger partial charge in [0.1, 0.15) is 12.1 Å². The van der Waals surface area contributed by atoms with E-state index >= 15 is 0 Å². The van der Waals surface area contributed by atoms with Crippen LogP contribution in [-0.2, 0) is 6.54 Å². The molecule has 2 fully saturated rings. The van der Waals surface area contributed by atoms with Crippen LogP contribution in [0.5, 0.6) is 0 Å². The summed E-state index contributed by atoms with van der Waals surface area (Å²) in [5, 5.41) is 11.7. The SMILES string of the molecule is Cc1cc(CN2CC3CN(c4cc(-n5cccn5)ncn4)CC3C2)n[nH]1. The summed E-state index contributed by atoms with van der Waals surface area (Å²) in [6.07, 6.45) is 5.30. The number of fused-ring (bicyclic) bond motifs is 1. The average Bonchev–Trinajstić information content (AvgIpc) is 3.39. The number of rotatable bonds is 4. The Bertz CT molecular complexity index is 872. The van der Waals surface area contributed by atoms with Crippen LogP contribution in [0.1, 0.15) is 11.4 Å². The Morgan fingerprint density at radius 1 is 1.08 bits per heavy atom. The zero-order valence-electron chi connectivity index (χ0n) is 14.8. The zero-order valence-corrected chi connectivity index (χ0v) is 14.8. The number of likely N-dealkylation sites (tertiary alicyclic amines) is 1. The standard InChI is InChI=1S/C18H22N8/c1-13-5-16(23-22-13)11-24-7-14-9-25(10-15(14)8-24)17-6-18(20-12-19-17)26-4-2-3-21-26/h2-6,12,14-15H,7-11H2,1H3,(H,22,23). The smallest absolute Gasteiger partial charge is 0.158 e. The van der Waals surface area contributed by atoms with Crippen molar-refractivity contribution in [1.29, 1.82) is 0 Å². The second-order valence-corrected chi connectivity index (χ2v) is 7.35. The topological polar surface area (TPSA) is 78.8 Å². The Morgan fingerprint density at radius 3 is 2.58 bits per heavy atom. The predicted octanol–water partition coefficient (Wildman–Crippen LogP) is 1.26. The third-order valence-corrected chi connectivity index (χ3v) is 5.41. The number of hydrogen-bond acceptors (Lipinski definition) is 6. The summed E-state index contributed by atoms with van der Waals surface area (Å²) >= 11 is 0. The van der Waals surface area contributed by atoms with Gasteiger partial charge in [-0.3, -0.25) is 10.00 Å². The van der Waals surface area contributed by atoms with Gasteiger partial charge in [0.05, 0.1) is 5.69 Å². The molecule has 0 aromatic carbocycles. The van der Waals surface area contributed by atoms with Crippen LogP contribution >= 0.6 is 0 Å². The predicted molar refractivity (Wildman–Crippen MR) is 96.9 cm³/mol. The number of aryl methyl sites for hydroxylation is 1. The molecular weight excluding hydrogens is 328 g/mol. The highest BCUT2D eigenvalue weighted by molar-refractivity contribution is 5.44. The molecule has 134 valence electrons. The monoisotopic (exact) mass is 350 g/mol. The van der Waals surface area contributed by atoms with E-state index in [9.17, 15) is 0 Å². The second kappa shape index (κ2) is 6.21. The van der Waals surface area contributed by atoms with Gasteiger partial charge in [-0.25, -0.2) is 14.6 Å². The first kappa shape index (κ1) is 15.5. The summed E-state index contributed by atoms with van der Waals surface area (Å²) in [5.41, 5.74) is 2.27. The fourth-order valence-corrected chi connectivity index (χ4v) is 4.23. The van der Waals surface area contributed by atoms with Gasteiger partial charge in [-0.15, -0.1) is 0 Å². The molecule has 8 heteroatoms. The van der Waals surface area contributed by atoms with Crippen molar-refractivity contribution in [2.45, 2.75) is 13.5 Å². The Balaban J connectivity index is 1.25. The summed E-state index contributed by atoms with van der Waals surface area (Å²) in [6.45, 7) is 7.35. The zero-order chi connectivity index (χ0) is 17.5. The van der Waals surface area contributed by atoms with Gasteiger partial charge in [-0.2, -0.15) is 10.2 Å². The summed E-state index contributed by atoms with van der Waals surface area (Å²) in [7, 11) is 0. The van der Waals surface area contributed by atoms with Crippen molar-refractivity contribution in [1.82, 2.24) is 34.8 Å². The number of aromatic nitrogens is 6. The first-order valence-corrected chi connectivity index (χ1v) is 9.05. The second-order valence-electron chi connectivity index (χ2n) is 7.35. The van der Waals surface area contributed by atoms with Crippen molar-refractivity contribution < 1.29 is 0 Å². The Hall–Kier alpha value is -2.74. The molecule has 2 atom stereocenters. The molecule has 2 aliphatic rings. The summed E-state index contributed by atoms with van der Waals surface area (Å²) in [6, 6.07) is 6.06. The molecule has 0 aliphatic carbocycles. The quantitative estimate of drug-likeness (QED) is 0.763. The molecule has 2 aliphatic heterocycles. The van der Waals surface area contributed by atoms with Gasteiger partial charge in [0.25, 0.3) is 0 Å². The van der Waals surface area contributed by atoms with E-state index in [0.717, 1.165) is 55.7 Å². The van der Waals surface area contributed by atoms with Gasteiger partial charge in [0.2, 0.25) is 0 Å². The number of aromatic amines is 1. The summed E-state index contributed by atoms with van der Waals surface area (Å²) < 4.78 is 1.77. The lowest BCUT2D eigenvalue weighted by atomic mass is 10.0. The van der Waals surface area contributed by atoms with Crippen LogP contribution in [0.3, 0.4) is 0 Å². The molecule has 0 spiro atoms. The van der Waals surface area contributed by atoms with Crippen molar-refractivity contribution in [2.24, 2.45) is 11.8 Å². The molecule has 1 N–H and O–H groups in total. The van der Waals surface area contributed by atoms with E-state index in [-0.39, 0.29) is 0 Å². The van der Waals surface area contributed by atoms with Crippen LogP contribution in [0, 0.1) is 18.8 Å². The van der Waals surface area contributed by atoms with Crippen molar-refractivity contribution in [2.75, 3.05) is 31.1 Å². The van der Waals surface area contributed by atoms with Gasteiger partial charge >= 0.3 is 0 Å². The lowest BCUT2D eigenvalue weighted by Gasteiger charge is -2.22. The van der Waals surface area contributed by atoms with E-state index < -0.39 is 0 Å². The van der Waals surface area contributed by atoms with E-state index in [1.165, 1.54) is 0 Å². The Kier molecular flexibility index (Phi) is 3.70. The molecule has 0 amide bonds. The van der Waals surface area contributed by atoms with E-state index in [1.54, 1.807) is 17.2 Å². The minimum Gasteiger partial charge on any atom is -0.356 e. The number of hydrogen-bond donors (Lipinski definition) is 1. The van der Waals surface area contributed by atoms with Crippen molar-refractivity contribution in [3.63, 3.8) is 0 Å². The minimum atomic E-state index is 0.693. The van der Waals surface area contributed by atoms with E-state index in [2.05, 4.69) is 41.1 Å². The number of H-pyrrole nitrogens is 1. The van der Waals surface area contributed by atoms with Crippen LogP contribution in [0.25, 0.3) is 5.82 Å². The average molecular weight is 350 g/mol. The van der Waals surface area contributed by atoms with Crippen molar-refractivity contribution in [3.8, 4) is 5.82 Å². The Labute approximate surface area is 151 Å². The summed E-state index contributed by atoms with van der Waals surface area (Å²) in [4.78, 5) is 13.7. The van der Waals surface area contributed by atoms with Gasteiger partial charge in [-0.05, 0) is 30.9 Å². The molecule has 8 nitrogen and oxygen atoms in total. The van der Waals surface area contributed by atoms with Gasteiger partial charge < -0.3 is 4.90 Å². The van der Waals surface area contributed by atoms with E-state index in [4.69, 9.17) is 0 Å². The maximum atomic E-state index is 4.49. The normalized spacial score (nSPS) is 22.9. The fourth-order valence-electron chi connectivity index (χ4n) is 4.23. The molecule has 3 aromatic heterocycles. The van der Waals surface area contributed by atoms with Crippen molar-refractivity contribution >= 4 is 5.82 Å². The highest BCUT2D eigenvalue weighted by Gasteiger charge is 2.40. The van der Waals surface area contributed by atoms with Crippen LogP contribution in [-0.4, -0.2) is 61.0 Å². The highest BCUT2D eigenvalue weighted by Crippen LogP contribution is 2.34. The first-order valence-electron chi connectivity index (χ1n) is 9.05. The number of anilines is 1. The van der Waals surface area contributed by atoms with Gasteiger partial charge in [0.15, 0.2) is 5.82 Å². The lowest BCUT2D eigenvalue weighted by molar-refractivity contribution is 0.305. The van der Waals surface area contributed by atoms with E-state index in [0.29, 0.717) is 11.8 Å². The molecule has 2 unspecified atom stereocenters. The third kappa shape index (κ3) is 2.86. The van der Waals surface area contributed by atoms with Crippen LogP contribution in [0.15, 0.2) is 36.9 Å². The maximum Gasteiger partial charge on any atom is 0.158 e. The molecule has 5 rings (SSSR count). The molecule has 2 saturated heterocycles. The maximum absolute atomic E-state index is 4.49. The summed E-state index contributed by atoms with van der Waals surface area (Å²) in [5.74, 6) is 3.19. The minimum absolute atomic E-state index is 0.693. The molecule has 0 bridgehead atoms. The number of nitrogens with zero attached hydrogens (tertiary/aromatic N) is 7. The molecule has 3 aromatic rings. The highest BCUT2D eigenvalue weighted by atomic mass is 15.3.